The standard InChI is InChI=1S/C24H30N4O2/c1-30-16-15-28(19-22-5-3-2-4-6-22)24(29)20-27-13-11-26(12-14-27)18-23-9-7-21(17-25)8-10-23/h2-10H,11-16,18-20H2,1H3. The maximum Gasteiger partial charge on any atom is 0.237 e. The fraction of sp³-hybridized carbons (Fsp3) is 0.417. The van der Waals surface area contributed by atoms with Crippen LogP contribution in [0.4, 0.5) is 0 Å². The van der Waals surface area contributed by atoms with Crippen LogP contribution in [0.2, 0.25) is 0 Å². The summed E-state index contributed by atoms with van der Waals surface area (Å²) in [6, 6.07) is 20.0. The first-order valence-corrected chi connectivity index (χ1v) is 10.4. The predicted molar refractivity (Wildman–Crippen MR) is 117 cm³/mol. The second-order valence-electron chi connectivity index (χ2n) is 7.65. The van der Waals surface area contributed by atoms with E-state index in [1.807, 2.05) is 47.4 Å². The van der Waals surface area contributed by atoms with Gasteiger partial charge in [-0.05, 0) is 23.3 Å². The highest BCUT2D eigenvalue weighted by Crippen LogP contribution is 2.11. The molecule has 1 aliphatic heterocycles. The van der Waals surface area contributed by atoms with Gasteiger partial charge in [0.05, 0.1) is 24.8 Å². The van der Waals surface area contributed by atoms with E-state index in [9.17, 15) is 4.79 Å². The summed E-state index contributed by atoms with van der Waals surface area (Å²) in [6.07, 6.45) is 0. The lowest BCUT2D eigenvalue weighted by atomic mass is 10.1. The maximum absolute atomic E-state index is 12.9. The lowest BCUT2D eigenvalue weighted by molar-refractivity contribution is -0.134. The zero-order valence-electron chi connectivity index (χ0n) is 17.7. The molecule has 1 heterocycles. The number of carbonyl (C=O) groups is 1. The molecule has 2 aromatic rings. The minimum atomic E-state index is 0.149. The van der Waals surface area contributed by atoms with Gasteiger partial charge in [0.15, 0.2) is 0 Å². The van der Waals surface area contributed by atoms with Crippen LogP contribution < -0.4 is 0 Å². The van der Waals surface area contributed by atoms with Gasteiger partial charge in [0.1, 0.15) is 0 Å². The van der Waals surface area contributed by atoms with Gasteiger partial charge in [-0.15, -0.1) is 0 Å². The highest BCUT2D eigenvalue weighted by atomic mass is 16.5. The summed E-state index contributed by atoms with van der Waals surface area (Å²) in [5.41, 5.74) is 3.04. The molecule has 0 spiro atoms. The van der Waals surface area contributed by atoms with Crippen LogP contribution in [0.25, 0.3) is 0 Å². The van der Waals surface area contributed by atoms with Crippen molar-refractivity contribution in [1.29, 1.82) is 5.26 Å². The molecule has 0 N–H and O–H groups in total. The molecule has 6 heteroatoms. The SMILES string of the molecule is COCCN(Cc1ccccc1)C(=O)CN1CCN(Cc2ccc(C#N)cc2)CC1. The van der Waals surface area contributed by atoms with Crippen LogP contribution in [-0.4, -0.2) is 73.6 Å². The molecule has 0 aromatic heterocycles. The van der Waals surface area contributed by atoms with Crippen molar-refractivity contribution in [3.63, 3.8) is 0 Å². The molecule has 1 fully saturated rings. The van der Waals surface area contributed by atoms with Crippen LogP contribution >= 0.6 is 0 Å². The van der Waals surface area contributed by atoms with Crippen LogP contribution in [0.5, 0.6) is 0 Å². The predicted octanol–water partition coefficient (Wildman–Crippen LogP) is 2.35. The van der Waals surface area contributed by atoms with Crippen molar-refractivity contribution in [3.8, 4) is 6.07 Å². The van der Waals surface area contributed by atoms with Gasteiger partial charge in [0.25, 0.3) is 0 Å². The number of nitriles is 1. The minimum Gasteiger partial charge on any atom is -0.383 e. The Hall–Kier alpha value is -2.72. The molecule has 30 heavy (non-hydrogen) atoms. The molecule has 1 aliphatic rings. The molecule has 0 radical (unpaired) electrons. The first-order valence-electron chi connectivity index (χ1n) is 10.4. The Morgan fingerprint density at radius 1 is 1.00 bits per heavy atom. The zero-order chi connectivity index (χ0) is 21.2. The summed E-state index contributed by atoms with van der Waals surface area (Å²) >= 11 is 0. The molecular formula is C24H30N4O2. The van der Waals surface area contributed by atoms with E-state index in [0.29, 0.717) is 31.8 Å². The van der Waals surface area contributed by atoms with Crippen LogP contribution in [0.15, 0.2) is 54.6 Å². The number of ether oxygens (including phenoxy) is 1. The normalized spacial score (nSPS) is 14.9. The second-order valence-corrected chi connectivity index (χ2v) is 7.65. The van der Waals surface area contributed by atoms with Gasteiger partial charge in [-0.2, -0.15) is 5.26 Å². The van der Waals surface area contributed by atoms with Crippen molar-refractivity contribution in [3.05, 3.63) is 71.3 Å². The topological polar surface area (TPSA) is 59.8 Å². The third kappa shape index (κ3) is 6.67. The summed E-state index contributed by atoms with van der Waals surface area (Å²) in [4.78, 5) is 19.5. The smallest absolute Gasteiger partial charge is 0.237 e. The van der Waals surface area contributed by atoms with Crippen molar-refractivity contribution in [2.45, 2.75) is 13.1 Å². The number of carbonyl (C=O) groups excluding carboxylic acids is 1. The fourth-order valence-corrected chi connectivity index (χ4v) is 3.64. The van der Waals surface area contributed by atoms with Gasteiger partial charge in [-0.25, -0.2) is 0 Å². The van der Waals surface area contributed by atoms with Crippen LogP contribution in [0.3, 0.4) is 0 Å². The highest BCUT2D eigenvalue weighted by molar-refractivity contribution is 5.78. The average Bonchev–Trinajstić information content (AvgIpc) is 2.79. The molecule has 1 amide bonds. The Morgan fingerprint density at radius 3 is 2.30 bits per heavy atom. The van der Waals surface area contributed by atoms with Crippen molar-refractivity contribution in [2.75, 3.05) is 53.0 Å². The van der Waals surface area contributed by atoms with Gasteiger partial charge in [-0.3, -0.25) is 14.6 Å². The summed E-state index contributed by atoms with van der Waals surface area (Å²) in [6.45, 7) is 6.70. The van der Waals surface area contributed by atoms with Crippen molar-refractivity contribution in [1.82, 2.24) is 14.7 Å². The Labute approximate surface area is 179 Å². The lowest BCUT2D eigenvalue weighted by Gasteiger charge is -2.35. The molecule has 6 nitrogen and oxygen atoms in total. The number of rotatable bonds is 9. The number of benzene rings is 2. The van der Waals surface area contributed by atoms with Crippen molar-refractivity contribution < 1.29 is 9.53 Å². The Morgan fingerprint density at radius 2 is 1.67 bits per heavy atom. The molecule has 158 valence electrons. The Bertz CT molecular complexity index is 825. The van der Waals surface area contributed by atoms with E-state index in [1.165, 1.54) is 5.56 Å². The maximum atomic E-state index is 12.9. The summed E-state index contributed by atoms with van der Waals surface area (Å²) in [7, 11) is 1.66. The Balaban J connectivity index is 1.48. The quantitative estimate of drug-likeness (QED) is 0.640. The first kappa shape index (κ1) is 22.0. The Kier molecular flexibility index (Phi) is 8.40. The van der Waals surface area contributed by atoms with E-state index in [4.69, 9.17) is 10.00 Å². The van der Waals surface area contributed by atoms with Crippen molar-refractivity contribution in [2.24, 2.45) is 0 Å². The molecule has 2 aromatic carbocycles. The number of hydrogen-bond acceptors (Lipinski definition) is 5. The van der Waals surface area contributed by atoms with E-state index in [1.54, 1.807) is 7.11 Å². The van der Waals surface area contributed by atoms with Crippen LogP contribution in [0, 0.1) is 11.3 Å². The van der Waals surface area contributed by atoms with E-state index >= 15 is 0 Å². The number of amides is 1. The molecule has 0 unspecified atom stereocenters. The molecule has 0 saturated carbocycles. The van der Waals surface area contributed by atoms with E-state index in [0.717, 1.165) is 38.3 Å². The molecule has 0 aliphatic carbocycles. The van der Waals surface area contributed by atoms with Gasteiger partial charge in [0.2, 0.25) is 5.91 Å². The van der Waals surface area contributed by atoms with Gasteiger partial charge >= 0.3 is 0 Å². The van der Waals surface area contributed by atoms with Crippen LogP contribution in [-0.2, 0) is 22.6 Å². The fourth-order valence-electron chi connectivity index (χ4n) is 3.64. The minimum absolute atomic E-state index is 0.149. The summed E-state index contributed by atoms with van der Waals surface area (Å²) in [5, 5.41) is 8.92. The molecule has 0 atom stereocenters. The monoisotopic (exact) mass is 406 g/mol. The van der Waals surface area contributed by atoms with E-state index in [-0.39, 0.29) is 5.91 Å². The third-order valence-electron chi connectivity index (χ3n) is 5.45. The summed E-state index contributed by atoms with van der Waals surface area (Å²) < 4.78 is 5.20. The summed E-state index contributed by atoms with van der Waals surface area (Å²) in [5.74, 6) is 0.149. The van der Waals surface area contributed by atoms with Gasteiger partial charge in [0, 0.05) is 52.9 Å². The number of nitrogens with zero attached hydrogens (tertiary/aromatic N) is 4. The number of methoxy groups -OCH3 is 1. The highest BCUT2D eigenvalue weighted by Gasteiger charge is 2.22. The zero-order valence-corrected chi connectivity index (χ0v) is 17.7. The third-order valence-corrected chi connectivity index (χ3v) is 5.45. The van der Waals surface area contributed by atoms with Crippen LogP contribution in [0.1, 0.15) is 16.7 Å². The van der Waals surface area contributed by atoms with E-state index < -0.39 is 0 Å². The van der Waals surface area contributed by atoms with Crippen molar-refractivity contribution >= 4 is 5.91 Å². The molecule has 0 bridgehead atoms. The number of hydrogen-bond donors (Lipinski definition) is 0. The van der Waals surface area contributed by atoms with Gasteiger partial charge < -0.3 is 9.64 Å². The lowest BCUT2D eigenvalue weighted by Crippen LogP contribution is -2.50. The second kappa shape index (κ2) is 11.5. The first-order chi connectivity index (χ1) is 14.7. The molecular weight excluding hydrogens is 376 g/mol. The van der Waals surface area contributed by atoms with E-state index in [2.05, 4.69) is 28.0 Å². The molecule has 3 rings (SSSR count). The van der Waals surface area contributed by atoms with Gasteiger partial charge in [-0.1, -0.05) is 42.5 Å². The average molecular weight is 407 g/mol. The molecule has 1 saturated heterocycles. The number of piperazine rings is 1. The largest absolute Gasteiger partial charge is 0.383 e.